The Morgan fingerprint density at radius 3 is 2.09 bits per heavy atom. The average molecular weight is 605 g/mol. The van der Waals surface area contributed by atoms with E-state index in [2.05, 4.69) is 10.3 Å². The number of rotatable bonds is 9. The summed E-state index contributed by atoms with van der Waals surface area (Å²) >= 11 is 0. The van der Waals surface area contributed by atoms with Crippen LogP contribution in [-0.4, -0.2) is 43.1 Å². The maximum atomic E-state index is 14.4. The van der Waals surface area contributed by atoms with Gasteiger partial charge in [-0.25, -0.2) is 0 Å². The second kappa shape index (κ2) is 10.7. The monoisotopic (exact) mass is 604 g/mol. The first-order valence-corrected chi connectivity index (χ1v) is 14.9. The molecule has 0 fully saturated rings. The molecule has 0 aliphatic heterocycles. The minimum absolute atomic E-state index is 0.0936. The highest BCUT2D eigenvalue weighted by molar-refractivity contribution is 6.39. The highest BCUT2D eigenvalue weighted by atomic mass is 16.5. The molecule has 1 aliphatic rings. The number of anilines is 1. The van der Waals surface area contributed by atoms with Gasteiger partial charge in [0.05, 0.1) is 37.8 Å². The summed E-state index contributed by atoms with van der Waals surface area (Å²) in [6.07, 6.45) is 6.59. The number of ether oxygens (including phenoxy) is 3. The number of hydrogen-bond acceptors (Lipinski definition) is 9. The summed E-state index contributed by atoms with van der Waals surface area (Å²) in [4.78, 5) is 32.7. The molecule has 0 saturated heterocycles. The van der Waals surface area contributed by atoms with Crippen molar-refractivity contribution < 1.29 is 24.4 Å². The molecule has 0 amide bonds. The molecule has 3 N–H and O–H groups in total. The number of hydrogen-bond donors (Lipinski definition) is 3. The number of nitrogens with one attached hydrogen (secondary N) is 1. The summed E-state index contributed by atoms with van der Waals surface area (Å²) in [5, 5.41) is 29.6. The van der Waals surface area contributed by atoms with Crippen molar-refractivity contribution in [1.82, 2.24) is 4.98 Å². The van der Waals surface area contributed by atoms with Gasteiger partial charge in [-0.05, 0) is 50.1 Å². The summed E-state index contributed by atoms with van der Waals surface area (Å²) in [6.45, 7) is 2.47. The van der Waals surface area contributed by atoms with E-state index in [-0.39, 0.29) is 33.4 Å². The van der Waals surface area contributed by atoms with Gasteiger partial charge >= 0.3 is 0 Å². The van der Waals surface area contributed by atoms with Crippen LogP contribution in [-0.2, 0) is 12.8 Å². The molecule has 9 nitrogen and oxygen atoms in total. The Labute approximate surface area is 258 Å². The first-order valence-electron chi connectivity index (χ1n) is 14.9. The maximum Gasteiger partial charge on any atom is 0.232 e. The van der Waals surface area contributed by atoms with Crippen molar-refractivity contribution in [2.24, 2.45) is 0 Å². The summed E-state index contributed by atoms with van der Waals surface area (Å²) in [5.41, 5.74) is 2.80. The Morgan fingerprint density at radius 1 is 0.800 bits per heavy atom. The predicted octanol–water partition coefficient (Wildman–Crippen LogP) is 6.12. The number of aromatic hydroxyl groups is 2. The maximum absolute atomic E-state index is 14.4. The van der Waals surface area contributed by atoms with Crippen molar-refractivity contribution in [1.29, 1.82) is 0 Å². The van der Waals surface area contributed by atoms with Gasteiger partial charge in [-0.1, -0.05) is 17.7 Å². The molecule has 5 aromatic carbocycles. The third kappa shape index (κ3) is 4.10. The zero-order valence-electron chi connectivity index (χ0n) is 25.5. The SMILES string of the molecule is COc1c2c3c4c(c(NCCCCc5ccccn5)c(=O)c5c(O)cc(OC)c(c6c(OC)cc(O)c(c1=O)c63)c54)C=C(C)C2. The number of nitrogens with zero attached hydrogens (tertiary/aromatic N) is 1. The van der Waals surface area contributed by atoms with E-state index >= 15 is 0 Å². The number of fused-ring (bicyclic) bond motifs is 1. The van der Waals surface area contributed by atoms with Gasteiger partial charge < -0.3 is 29.7 Å². The van der Waals surface area contributed by atoms with Crippen molar-refractivity contribution >= 4 is 54.9 Å². The Morgan fingerprint density at radius 2 is 1.47 bits per heavy atom. The number of phenolic OH excluding ortho intramolecular Hbond substituents is 2. The first-order chi connectivity index (χ1) is 21.8. The third-order valence-electron chi connectivity index (χ3n) is 8.92. The molecule has 0 bridgehead atoms. The molecule has 45 heavy (non-hydrogen) atoms. The fraction of sp³-hybridized carbons (Fsp3) is 0.250. The van der Waals surface area contributed by atoms with Gasteiger partial charge in [0.15, 0.2) is 5.75 Å². The first kappa shape index (κ1) is 28.5. The highest BCUT2D eigenvalue weighted by Crippen LogP contribution is 2.54. The van der Waals surface area contributed by atoms with Gasteiger partial charge in [-0.15, -0.1) is 0 Å². The zero-order chi connectivity index (χ0) is 31.6. The van der Waals surface area contributed by atoms with Crippen LogP contribution in [0, 0.1) is 0 Å². The van der Waals surface area contributed by atoms with Crippen LogP contribution < -0.4 is 30.4 Å². The highest BCUT2D eigenvalue weighted by Gasteiger charge is 2.32. The summed E-state index contributed by atoms with van der Waals surface area (Å²) in [7, 11) is 4.41. The van der Waals surface area contributed by atoms with Crippen LogP contribution in [0.2, 0.25) is 0 Å². The van der Waals surface area contributed by atoms with E-state index in [0.717, 1.165) is 30.5 Å². The molecule has 6 aromatic rings. The molecule has 0 spiro atoms. The quantitative estimate of drug-likeness (QED) is 0.102. The van der Waals surface area contributed by atoms with Crippen LogP contribution in [0.4, 0.5) is 5.69 Å². The molecule has 1 aliphatic carbocycles. The fourth-order valence-corrected chi connectivity index (χ4v) is 7.10. The van der Waals surface area contributed by atoms with Crippen molar-refractivity contribution in [2.75, 3.05) is 33.2 Å². The minimum Gasteiger partial charge on any atom is -0.507 e. The summed E-state index contributed by atoms with van der Waals surface area (Å²) in [5.74, 6) is 0.288. The number of methoxy groups -OCH3 is 3. The Bertz CT molecular complexity index is 2300. The van der Waals surface area contributed by atoms with Crippen molar-refractivity contribution in [3.63, 3.8) is 0 Å². The Kier molecular flexibility index (Phi) is 6.76. The molecular weight excluding hydrogens is 572 g/mol. The second-order valence-corrected chi connectivity index (χ2v) is 11.5. The standard InChI is InChI=1S/C36H32N2O7/c1-17-13-19-25-26-20(14-17)36(45-4)35(42)28-22(40)16-24(44-3)30(32(26)28)29-23(43-2)15-21(39)27(31(25)29)34(41)33(19)38-12-8-6-10-18-9-5-7-11-37-18/h5,7,9,11,13,15-16,38-40H,6,8,10,12,14H2,1-4H3. The average Bonchev–Trinajstić information content (AvgIpc) is 3.18. The van der Waals surface area contributed by atoms with E-state index in [1.807, 2.05) is 31.2 Å². The van der Waals surface area contributed by atoms with Gasteiger partial charge in [-0.3, -0.25) is 14.6 Å². The molecule has 1 aromatic heterocycles. The van der Waals surface area contributed by atoms with E-state index in [0.29, 0.717) is 73.6 Å². The Balaban J connectivity index is 1.60. The topological polar surface area (TPSA) is 127 Å². The van der Waals surface area contributed by atoms with Crippen molar-refractivity contribution in [2.45, 2.75) is 32.6 Å². The normalized spacial score (nSPS) is 12.8. The number of aromatic nitrogens is 1. The van der Waals surface area contributed by atoms with Crippen LogP contribution in [0.3, 0.4) is 0 Å². The van der Waals surface area contributed by atoms with E-state index in [9.17, 15) is 19.8 Å². The molecule has 1 heterocycles. The minimum atomic E-state index is -0.437. The second-order valence-electron chi connectivity index (χ2n) is 11.5. The predicted molar refractivity (Wildman–Crippen MR) is 177 cm³/mol. The van der Waals surface area contributed by atoms with Crippen molar-refractivity contribution in [3.8, 4) is 28.7 Å². The van der Waals surface area contributed by atoms with Gasteiger partial charge in [0.1, 0.15) is 23.0 Å². The molecule has 0 saturated carbocycles. The number of unbranched alkanes of at least 4 members (excludes halogenated alkanes) is 1. The number of phenols is 2. The van der Waals surface area contributed by atoms with E-state index in [4.69, 9.17) is 14.2 Å². The lowest BCUT2D eigenvalue weighted by atomic mass is 9.83. The van der Waals surface area contributed by atoms with Gasteiger partial charge in [0.25, 0.3) is 0 Å². The third-order valence-corrected chi connectivity index (χ3v) is 8.92. The van der Waals surface area contributed by atoms with Crippen LogP contribution in [0.15, 0.2) is 51.7 Å². The molecule has 228 valence electrons. The number of benzene rings is 5. The number of pyridine rings is 1. The molecule has 0 radical (unpaired) electrons. The van der Waals surface area contributed by atoms with Crippen molar-refractivity contribution in [3.05, 3.63) is 79.4 Å². The van der Waals surface area contributed by atoms with Gasteiger partial charge in [-0.2, -0.15) is 0 Å². The Hall–Kier alpha value is -5.31. The molecule has 7 rings (SSSR count). The van der Waals surface area contributed by atoms with Gasteiger partial charge in [0.2, 0.25) is 10.9 Å². The molecular formula is C36H32N2O7. The lowest BCUT2D eigenvalue weighted by Gasteiger charge is -2.23. The fourth-order valence-electron chi connectivity index (χ4n) is 7.10. The largest absolute Gasteiger partial charge is 0.507 e. The summed E-state index contributed by atoms with van der Waals surface area (Å²) in [6, 6.07) is 8.68. The van der Waals surface area contributed by atoms with Gasteiger partial charge in [0, 0.05) is 68.6 Å². The zero-order valence-corrected chi connectivity index (χ0v) is 25.5. The molecule has 9 heteroatoms. The smallest absolute Gasteiger partial charge is 0.232 e. The van der Waals surface area contributed by atoms with E-state index < -0.39 is 5.43 Å². The molecule has 0 atom stereocenters. The van der Waals surface area contributed by atoms with Crippen LogP contribution in [0.5, 0.6) is 28.7 Å². The van der Waals surface area contributed by atoms with Crippen LogP contribution in [0.1, 0.15) is 36.6 Å². The lowest BCUT2D eigenvalue weighted by Crippen LogP contribution is -2.16. The van der Waals surface area contributed by atoms with E-state index in [1.165, 1.54) is 33.5 Å². The number of aryl methyl sites for hydroxylation is 1. The summed E-state index contributed by atoms with van der Waals surface area (Å²) < 4.78 is 17.3. The van der Waals surface area contributed by atoms with E-state index in [1.54, 1.807) is 6.20 Å². The van der Waals surface area contributed by atoms with Crippen LogP contribution >= 0.6 is 0 Å². The van der Waals surface area contributed by atoms with Crippen LogP contribution in [0.25, 0.3) is 49.2 Å². The lowest BCUT2D eigenvalue weighted by molar-refractivity contribution is 0.406. The number of allylic oxidation sites excluding steroid dienone is 1. The molecule has 0 unspecified atom stereocenters.